The minimum atomic E-state index is -5.13. The number of alkyl halides is 3. The highest BCUT2D eigenvalue weighted by Gasteiger charge is 2.58. The van der Waals surface area contributed by atoms with Gasteiger partial charge in [0.05, 0.1) is 0 Å². The molecule has 0 aliphatic carbocycles. The molecule has 0 aliphatic rings. The van der Waals surface area contributed by atoms with Crippen LogP contribution in [-0.2, 0) is 4.79 Å². The fraction of sp³-hybridized carbons (Fsp3) is 0.417. The molecule has 21 heavy (non-hydrogen) atoms. The molecule has 1 heterocycles. The largest absolute Gasteiger partial charge is 0.479 e. The molecule has 1 aromatic rings. The van der Waals surface area contributed by atoms with E-state index >= 15 is 0 Å². The zero-order valence-corrected chi connectivity index (χ0v) is 11.5. The zero-order chi connectivity index (χ0) is 16.4. The molecule has 1 amide bonds. The molecule has 116 valence electrons. The lowest BCUT2D eigenvalue weighted by Crippen LogP contribution is -2.61. The normalized spacial score (nSPS) is 14.2. The third-order valence-corrected chi connectivity index (χ3v) is 2.82. The van der Waals surface area contributed by atoms with Crippen LogP contribution in [0.4, 0.5) is 19.0 Å². The van der Waals surface area contributed by atoms with Crippen molar-refractivity contribution in [1.82, 2.24) is 10.3 Å². The number of halogens is 3. The van der Waals surface area contributed by atoms with Crippen molar-refractivity contribution in [3.05, 3.63) is 23.9 Å². The van der Waals surface area contributed by atoms with E-state index in [2.05, 4.69) is 4.98 Å². The highest BCUT2D eigenvalue weighted by atomic mass is 19.4. The Labute approximate surface area is 118 Å². The van der Waals surface area contributed by atoms with Gasteiger partial charge in [-0.3, -0.25) is 4.79 Å². The average molecular weight is 305 g/mol. The van der Waals surface area contributed by atoms with Crippen molar-refractivity contribution in [3.63, 3.8) is 0 Å². The standard InChI is InChI=1S/C12H14F3N3O3/c1-11(10(20)21,12(13,14)15)17-9(19)7-4-5-16-8(6-7)18(2)3/h4-6H,1-3H3,(H,17,19)(H,20,21). The Kier molecular flexibility index (Phi) is 4.45. The summed E-state index contributed by atoms with van der Waals surface area (Å²) in [6.45, 7) is 0.390. The highest BCUT2D eigenvalue weighted by Crippen LogP contribution is 2.30. The molecule has 1 unspecified atom stereocenters. The van der Waals surface area contributed by atoms with Crippen molar-refractivity contribution >= 4 is 17.7 Å². The minimum absolute atomic E-state index is 0.120. The second-order valence-corrected chi connectivity index (χ2v) is 4.68. The second-order valence-electron chi connectivity index (χ2n) is 4.68. The summed E-state index contributed by atoms with van der Waals surface area (Å²) in [5, 5.41) is 10.3. The maximum Gasteiger partial charge on any atom is 0.422 e. The predicted molar refractivity (Wildman–Crippen MR) is 68.1 cm³/mol. The van der Waals surface area contributed by atoms with E-state index < -0.39 is 23.6 Å². The SMILES string of the molecule is CN(C)c1cc(C(=O)NC(C)(C(=O)O)C(F)(F)F)ccn1. The van der Waals surface area contributed by atoms with E-state index in [1.54, 1.807) is 19.0 Å². The third kappa shape index (κ3) is 3.41. The van der Waals surface area contributed by atoms with Gasteiger partial charge in [-0.05, 0) is 19.1 Å². The van der Waals surface area contributed by atoms with Crippen LogP contribution in [0.15, 0.2) is 18.3 Å². The molecule has 1 atom stereocenters. The van der Waals surface area contributed by atoms with Crippen LogP contribution in [0.5, 0.6) is 0 Å². The van der Waals surface area contributed by atoms with Crippen LogP contribution >= 0.6 is 0 Å². The average Bonchev–Trinajstić information content (AvgIpc) is 2.37. The summed E-state index contributed by atoms with van der Waals surface area (Å²) in [6, 6.07) is 2.45. The van der Waals surface area contributed by atoms with Crippen LogP contribution in [0, 0.1) is 0 Å². The number of anilines is 1. The summed E-state index contributed by atoms with van der Waals surface area (Å²) in [5.41, 5.74) is -3.49. The summed E-state index contributed by atoms with van der Waals surface area (Å²) < 4.78 is 38.5. The van der Waals surface area contributed by atoms with Crippen LogP contribution in [0.25, 0.3) is 0 Å². The summed E-state index contributed by atoms with van der Waals surface area (Å²) in [6.07, 6.45) is -3.89. The van der Waals surface area contributed by atoms with Gasteiger partial charge in [0.1, 0.15) is 5.82 Å². The molecule has 0 fully saturated rings. The van der Waals surface area contributed by atoms with Gasteiger partial charge in [-0.2, -0.15) is 13.2 Å². The van der Waals surface area contributed by atoms with Gasteiger partial charge in [0.25, 0.3) is 5.91 Å². The number of rotatable bonds is 4. The monoisotopic (exact) mass is 305 g/mol. The van der Waals surface area contributed by atoms with Gasteiger partial charge in [0.15, 0.2) is 0 Å². The van der Waals surface area contributed by atoms with E-state index in [1.807, 2.05) is 0 Å². The Hall–Kier alpha value is -2.32. The quantitative estimate of drug-likeness (QED) is 0.875. The topological polar surface area (TPSA) is 82.5 Å². The number of nitrogens with one attached hydrogen (secondary N) is 1. The first-order valence-electron chi connectivity index (χ1n) is 5.75. The highest BCUT2D eigenvalue weighted by molar-refractivity contribution is 5.98. The van der Waals surface area contributed by atoms with E-state index in [0.717, 1.165) is 0 Å². The fourth-order valence-electron chi connectivity index (χ4n) is 1.35. The molecule has 1 rings (SSSR count). The van der Waals surface area contributed by atoms with Gasteiger partial charge in [-0.15, -0.1) is 0 Å². The summed E-state index contributed by atoms with van der Waals surface area (Å²) in [5.74, 6) is -2.99. The Morgan fingerprint density at radius 3 is 2.33 bits per heavy atom. The van der Waals surface area contributed by atoms with Gasteiger partial charge >= 0.3 is 12.1 Å². The lowest BCUT2D eigenvalue weighted by molar-refractivity contribution is -0.203. The Balaban J connectivity index is 3.09. The summed E-state index contributed by atoms with van der Waals surface area (Å²) in [7, 11) is 3.28. The number of pyridine rings is 1. The number of hydrogen-bond donors (Lipinski definition) is 2. The Morgan fingerprint density at radius 2 is 1.90 bits per heavy atom. The molecule has 0 saturated heterocycles. The molecule has 9 heteroatoms. The molecular weight excluding hydrogens is 291 g/mol. The van der Waals surface area contributed by atoms with E-state index in [9.17, 15) is 22.8 Å². The van der Waals surface area contributed by atoms with Crippen molar-refractivity contribution in [3.8, 4) is 0 Å². The van der Waals surface area contributed by atoms with Crippen molar-refractivity contribution in [2.45, 2.75) is 18.6 Å². The Bertz CT molecular complexity index is 560. The van der Waals surface area contributed by atoms with Crippen molar-refractivity contribution in [1.29, 1.82) is 0 Å². The fourth-order valence-corrected chi connectivity index (χ4v) is 1.35. The van der Waals surface area contributed by atoms with Crippen molar-refractivity contribution in [2.75, 3.05) is 19.0 Å². The molecular formula is C12H14F3N3O3. The number of carboxylic acids is 1. The number of carbonyl (C=O) groups is 2. The van der Waals surface area contributed by atoms with Gasteiger partial charge < -0.3 is 15.3 Å². The molecule has 6 nitrogen and oxygen atoms in total. The zero-order valence-electron chi connectivity index (χ0n) is 11.5. The van der Waals surface area contributed by atoms with Crippen molar-refractivity contribution in [2.24, 2.45) is 0 Å². The van der Waals surface area contributed by atoms with E-state index in [4.69, 9.17) is 5.11 Å². The first-order chi connectivity index (χ1) is 9.49. The molecule has 0 aromatic carbocycles. The van der Waals surface area contributed by atoms with E-state index in [1.165, 1.54) is 23.6 Å². The molecule has 2 N–H and O–H groups in total. The summed E-state index contributed by atoms with van der Waals surface area (Å²) in [4.78, 5) is 28.2. The van der Waals surface area contributed by atoms with Gasteiger partial charge in [-0.1, -0.05) is 0 Å². The second kappa shape index (κ2) is 5.58. The first kappa shape index (κ1) is 16.7. The maximum atomic E-state index is 12.8. The van der Waals surface area contributed by atoms with Gasteiger partial charge in [-0.25, -0.2) is 9.78 Å². The van der Waals surface area contributed by atoms with E-state index in [0.29, 0.717) is 12.7 Å². The smallest absolute Gasteiger partial charge is 0.422 e. The number of carboxylic acid groups (broad SMARTS) is 1. The minimum Gasteiger partial charge on any atom is -0.479 e. The third-order valence-electron chi connectivity index (χ3n) is 2.82. The predicted octanol–water partition coefficient (Wildman–Crippen LogP) is 1.28. The van der Waals surface area contributed by atoms with Crippen LogP contribution in [0.1, 0.15) is 17.3 Å². The van der Waals surface area contributed by atoms with Crippen LogP contribution in [-0.4, -0.2) is 47.8 Å². The number of aromatic nitrogens is 1. The summed E-state index contributed by atoms with van der Waals surface area (Å²) >= 11 is 0. The molecule has 0 radical (unpaired) electrons. The number of aliphatic carboxylic acids is 1. The maximum absolute atomic E-state index is 12.8. The number of hydrogen-bond acceptors (Lipinski definition) is 4. The van der Waals surface area contributed by atoms with Crippen molar-refractivity contribution < 1.29 is 27.9 Å². The van der Waals surface area contributed by atoms with Crippen LogP contribution in [0.2, 0.25) is 0 Å². The lowest BCUT2D eigenvalue weighted by atomic mass is 10.0. The Morgan fingerprint density at radius 1 is 1.33 bits per heavy atom. The van der Waals surface area contributed by atoms with E-state index in [-0.39, 0.29) is 5.56 Å². The number of nitrogens with zero attached hydrogens (tertiary/aromatic N) is 2. The lowest BCUT2D eigenvalue weighted by Gasteiger charge is -2.28. The number of carbonyl (C=O) groups excluding carboxylic acids is 1. The molecule has 1 aromatic heterocycles. The molecule has 0 spiro atoms. The molecule has 0 saturated carbocycles. The van der Waals surface area contributed by atoms with Gasteiger partial charge in [0, 0.05) is 25.9 Å². The van der Waals surface area contributed by atoms with Crippen LogP contribution in [0.3, 0.4) is 0 Å². The van der Waals surface area contributed by atoms with Gasteiger partial charge in [0.2, 0.25) is 5.54 Å². The number of amides is 1. The molecule has 0 aliphatic heterocycles. The molecule has 0 bridgehead atoms. The first-order valence-corrected chi connectivity index (χ1v) is 5.75. The van der Waals surface area contributed by atoms with Crippen LogP contribution < -0.4 is 10.2 Å².